The normalized spacial score (nSPS) is 14.2. The van der Waals surface area contributed by atoms with Crippen molar-refractivity contribution >= 4 is 40.9 Å². The van der Waals surface area contributed by atoms with Gasteiger partial charge in [-0.05, 0) is 48.5 Å². The Morgan fingerprint density at radius 3 is 2.24 bits per heavy atom. The van der Waals surface area contributed by atoms with Crippen LogP contribution in [0.5, 0.6) is 0 Å². The topological polar surface area (TPSA) is 60.2 Å². The van der Waals surface area contributed by atoms with Crippen molar-refractivity contribution in [3.05, 3.63) is 58.6 Å². The second-order valence-electron chi connectivity index (χ2n) is 6.41. The monoisotopic (exact) mass is 448 g/mol. The second kappa shape index (κ2) is 9.17. The van der Waals surface area contributed by atoms with Gasteiger partial charge in [0.25, 0.3) is 0 Å². The van der Waals surface area contributed by atoms with Crippen LogP contribution in [0.25, 0.3) is 17.1 Å². The zero-order valence-electron chi connectivity index (χ0n) is 15.4. The van der Waals surface area contributed by atoms with Crippen LogP contribution in [0.3, 0.4) is 0 Å². The van der Waals surface area contributed by atoms with Gasteiger partial charge >= 0.3 is 0 Å². The molecule has 0 radical (unpaired) electrons. The fourth-order valence-electron chi connectivity index (χ4n) is 3.00. The summed E-state index contributed by atoms with van der Waals surface area (Å²) in [5.74, 6) is 1.02. The highest BCUT2D eigenvalue weighted by Gasteiger charge is 2.20. The molecule has 0 spiro atoms. The van der Waals surface area contributed by atoms with Crippen molar-refractivity contribution in [3.63, 3.8) is 0 Å². The maximum Gasteiger partial charge on any atom is 0.233 e. The highest BCUT2D eigenvalue weighted by atomic mass is 35.5. The standard InChI is InChI=1S/C20H18Cl2N4O2S/c21-15-3-1-14(2-4-15)19-23-24-20(26(19)17-7-5-16(22)6-8-17)29-13-18(27)25-9-11-28-12-10-25/h1-8H,9-13H2. The summed E-state index contributed by atoms with van der Waals surface area (Å²) in [5.41, 5.74) is 1.74. The Labute approximate surface area is 182 Å². The third kappa shape index (κ3) is 4.75. The number of carbonyl (C=O) groups excluding carboxylic acids is 1. The van der Waals surface area contributed by atoms with Crippen molar-refractivity contribution < 1.29 is 9.53 Å². The molecule has 6 nitrogen and oxygen atoms in total. The average Bonchev–Trinajstić information content (AvgIpc) is 3.17. The smallest absolute Gasteiger partial charge is 0.233 e. The van der Waals surface area contributed by atoms with E-state index in [1.54, 1.807) is 0 Å². The molecule has 0 N–H and O–H groups in total. The van der Waals surface area contributed by atoms with E-state index in [1.807, 2.05) is 58.0 Å². The number of carbonyl (C=O) groups is 1. The molecule has 1 aliphatic rings. The number of rotatable bonds is 5. The van der Waals surface area contributed by atoms with E-state index < -0.39 is 0 Å². The first kappa shape index (κ1) is 20.2. The van der Waals surface area contributed by atoms with E-state index in [0.717, 1.165) is 11.3 Å². The van der Waals surface area contributed by atoms with Crippen LogP contribution in [-0.4, -0.2) is 57.6 Å². The lowest BCUT2D eigenvalue weighted by Gasteiger charge is -2.26. The molecular weight excluding hydrogens is 431 g/mol. The van der Waals surface area contributed by atoms with Gasteiger partial charge in [-0.1, -0.05) is 35.0 Å². The predicted molar refractivity (Wildman–Crippen MR) is 115 cm³/mol. The van der Waals surface area contributed by atoms with Crippen LogP contribution in [-0.2, 0) is 9.53 Å². The highest BCUT2D eigenvalue weighted by Crippen LogP contribution is 2.29. The summed E-state index contributed by atoms with van der Waals surface area (Å²) in [7, 11) is 0. The molecule has 1 saturated heterocycles. The number of thioether (sulfide) groups is 1. The number of hydrogen-bond donors (Lipinski definition) is 0. The van der Waals surface area contributed by atoms with Crippen LogP contribution in [0.2, 0.25) is 10.0 Å². The molecule has 0 bridgehead atoms. The fourth-order valence-corrected chi connectivity index (χ4v) is 4.11. The lowest BCUT2D eigenvalue weighted by molar-refractivity contribution is -0.132. The van der Waals surface area contributed by atoms with Gasteiger partial charge in [-0.25, -0.2) is 0 Å². The van der Waals surface area contributed by atoms with Gasteiger partial charge in [0.05, 0.1) is 19.0 Å². The van der Waals surface area contributed by atoms with Crippen molar-refractivity contribution in [1.82, 2.24) is 19.7 Å². The summed E-state index contributed by atoms with van der Waals surface area (Å²) in [5, 5.41) is 10.7. The van der Waals surface area contributed by atoms with Crippen molar-refractivity contribution in [2.45, 2.75) is 5.16 Å². The third-order valence-electron chi connectivity index (χ3n) is 4.51. The van der Waals surface area contributed by atoms with Crippen LogP contribution in [0.15, 0.2) is 53.7 Å². The molecular formula is C20H18Cl2N4O2S. The molecule has 0 saturated carbocycles. The largest absolute Gasteiger partial charge is 0.378 e. The summed E-state index contributed by atoms with van der Waals surface area (Å²) < 4.78 is 7.24. The van der Waals surface area contributed by atoms with E-state index in [9.17, 15) is 4.79 Å². The van der Waals surface area contributed by atoms with E-state index in [-0.39, 0.29) is 11.7 Å². The molecule has 1 aromatic heterocycles. The first-order valence-corrected chi connectivity index (χ1v) is 10.8. The van der Waals surface area contributed by atoms with E-state index in [2.05, 4.69) is 10.2 Å². The predicted octanol–water partition coefficient (Wildman–Crippen LogP) is 4.19. The van der Waals surface area contributed by atoms with E-state index in [1.165, 1.54) is 11.8 Å². The number of amides is 1. The molecule has 1 amide bonds. The molecule has 150 valence electrons. The van der Waals surface area contributed by atoms with E-state index in [4.69, 9.17) is 27.9 Å². The van der Waals surface area contributed by atoms with Gasteiger partial charge < -0.3 is 9.64 Å². The fraction of sp³-hybridized carbons (Fsp3) is 0.250. The minimum Gasteiger partial charge on any atom is -0.378 e. The maximum atomic E-state index is 12.5. The Hall–Kier alpha value is -2.06. The molecule has 1 fully saturated rings. The third-order valence-corrected chi connectivity index (χ3v) is 5.93. The van der Waals surface area contributed by atoms with Gasteiger partial charge in [0, 0.05) is 34.4 Å². The van der Waals surface area contributed by atoms with Crippen LogP contribution in [0.1, 0.15) is 0 Å². The molecule has 9 heteroatoms. The van der Waals surface area contributed by atoms with Gasteiger partial charge in [-0.15, -0.1) is 10.2 Å². The zero-order valence-corrected chi connectivity index (χ0v) is 17.8. The van der Waals surface area contributed by atoms with Gasteiger partial charge in [-0.2, -0.15) is 0 Å². The zero-order chi connectivity index (χ0) is 20.2. The minimum atomic E-state index is 0.0667. The SMILES string of the molecule is O=C(CSc1nnc(-c2ccc(Cl)cc2)n1-c1ccc(Cl)cc1)N1CCOCC1. The summed E-state index contributed by atoms with van der Waals surface area (Å²) in [6, 6.07) is 14.8. The summed E-state index contributed by atoms with van der Waals surface area (Å²) in [6.45, 7) is 2.41. The second-order valence-corrected chi connectivity index (χ2v) is 8.22. The van der Waals surface area contributed by atoms with Crippen molar-refractivity contribution in [2.24, 2.45) is 0 Å². The summed E-state index contributed by atoms with van der Waals surface area (Å²) in [4.78, 5) is 14.4. The van der Waals surface area contributed by atoms with Crippen molar-refractivity contribution in [1.29, 1.82) is 0 Å². The molecule has 4 rings (SSSR count). The Morgan fingerprint density at radius 1 is 0.966 bits per heavy atom. The maximum absolute atomic E-state index is 12.5. The van der Waals surface area contributed by atoms with E-state index >= 15 is 0 Å². The number of morpholine rings is 1. The quantitative estimate of drug-likeness (QED) is 0.547. The molecule has 2 heterocycles. The number of aromatic nitrogens is 3. The van der Waals surface area contributed by atoms with Crippen LogP contribution in [0.4, 0.5) is 0 Å². The number of hydrogen-bond acceptors (Lipinski definition) is 5. The van der Waals surface area contributed by atoms with Crippen LogP contribution in [0, 0.1) is 0 Å². The Morgan fingerprint density at radius 2 is 1.59 bits per heavy atom. The molecule has 0 atom stereocenters. The molecule has 2 aromatic carbocycles. The Balaban J connectivity index is 1.63. The summed E-state index contributed by atoms with van der Waals surface area (Å²) >= 11 is 13.4. The summed E-state index contributed by atoms with van der Waals surface area (Å²) in [6.07, 6.45) is 0. The Kier molecular flexibility index (Phi) is 6.40. The Bertz CT molecular complexity index is 987. The number of ether oxygens (including phenoxy) is 1. The average molecular weight is 449 g/mol. The lowest BCUT2D eigenvalue weighted by atomic mass is 10.2. The number of halogens is 2. The highest BCUT2D eigenvalue weighted by molar-refractivity contribution is 7.99. The first-order chi connectivity index (χ1) is 14.1. The number of benzene rings is 2. The van der Waals surface area contributed by atoms with Crippen LogP contribution < -0.4 is 0 Å². The molecule has 29 heavy (non-hydrogen) atoms. The first-order valence-electron chi connectivity index (χ1n) is 9.07. The molecule has 3 aromatic rings. The van der Waals surface area contributed by atoms with Gasteiger partial charge in [-0.3, -0.25) is 9.36 Å². The molecule has 0 unspecified atom stereocenters. The van der Waals surface area contributed by atoms with Gasteiger partial charge in [0.1, 0.15) is 0 Å². The minimum absolute atomic E-state index is 0.0667. The molecule has 1 aliphatic heterocycles. The van der Waals surface area contributed by atoms with Crippen LogP contribution >= 0.6 is 35.0 Å². The van der Waals surface area contributed by atoms with Gasteiger partial charge in [0.2, 0.25) is 5.91 Å². The van der Waals surface area contributed by atoms with Gasteiger partial charge in [0.15, 0.2) is 11.0 Å². The van der Waals surface area contributed by atoms with Crippen molar-refractivity contribution in [3.8, 4) is 17.1 Å². The van der Waals surface area contributed by atoms with E-state index in [0.29, 0.717) is 47.3 Å². The lowest BCUT2D eigenvalue weighted by Crippen LogP contribution is -2.41. The van der Waals surface area contributed by atoms with Crippen molar-refractivity contribution in [2.75, 3.05) is 32.1 Å². The number of nitrogens with zero attached hydrogens (tertiary/aromatic N) is 4. The molecule has 0 aliphatic carbocycles.